The molecule has 2 N–H and O–H groups in total. The lowest BCUT2D eigenvalue weighted by Crippen LogP contribution is -2.39. The van der Waals surface area contributed by atoms with Crippen molar-refractivity contribution in [2.24, 2.45) is 0 Å². The number of benzene rings is 1. The molecule has 0 spiro atoms. The smallest absolute Gasteiger partial charge is 0.241 e. The summed E-state index contributed by atoms with van der Waals surface area (Å²) in [7, 11) is -1.98. The Morgan fingerprint density at radius 2 is 2.14 bits per heavy atom. The van der Waals surface area contributed by atoms with E-state index >= 15 is 0 Å². The third-order valence-corrected chi connectivity index (χ3v) is 6.49. The van der Waals surface area contributed by atoms with Crippen LogP contribution in [0.1, 0.15) is 24.8 Å². The van der Waals surface area contributed by atoms with Gasteiger partial charge in [0.05, 0.1) is 4.90 Å². The normalized spacial score (nSPS) is 22.6. The van der Waals surface area contributed by atoms with Crippen LogP contribution in [0.25, 0.3) is 0 Å². The first kappa shape index (κ1) is 16.7. The van der Waals surface area contributed by atoms with Gasteiger partial charge in [0, 0.05) is 17.8 Å². The molecule has 1 aliphatic rings. The van der Waals surface area contributed by atoms with Crippen molar-refractivity contribution in [3.05, 3.63) is 29.6 Å². The molecule has 2 atom stereocenters. The van der Waals surface area contributed by atoms with Gasteiger partial charge in [-0.2, -0.15) is 11.8 Å². The lowest BCUT2D eigenvalue weighted by atomic mass is 10.2. The first-order valence-electron chi connectivity index (χ1n) is 6.96. The number of hydrogen-bond acceptors (Lipinski definition) is 4. The second kappa shape index (κ2) is 7.09. The molecule has 4 nitrogen and oxygen atoms in total. The van der Waals surface area contributed by atoms with E-state index < -0.39 is 15.8 Å². The largest absolute Gasteiger partial charge is 0.316 e. The maximum absolute atomic E-state index is 13.5. The van der Waals surface area contributed by atoms with E-state index in [-0.39, 0.29) is 10.9 Å². The molecule has 0 amide bonds. The molecule has 0 heterocycles. The van der Waals surface area contributed by atoms with Crippen LogP contribution in [0.2, 0.25) is 0 Å². The van der Waals surface area contributed by atoms with Gasteiger partial charge < -0.3 is 5.32 Å². The predicted molar refractivity (Wildman–Crippen MR) is 84.4 cm³/mol. The number of thioether (sulfide) groups is 1. The highest BCUT2D eigenvalue weighted by atomic mass is 32.2. The number of halogens is 1. The molecule has 2 rings (SSSR count). The number of hydrogen-bond donors (Lipinski definition) is 2. The minimum atomic E-state index is -3.71. The van der Waals surface area contributed by atoms with Gasteiger partial charge in [0.15, 0.2) is 0 Å². The quantitative estimate of drug-likeness (QED) is 0.838. The molecule has 1 aromatic rings. The summed E-state index contributed by atoms with van der Waals surface area (Å²) in [5, 5.41) is 3.20. The van der Waals surface area contributed by atoms with Crippen LogP contribution in [0.4, 0.5) is 4.39 Å². The zero-order valence-corrected chi connectivity index (χ0v) is 13.9. The fourth-order valence-electron chi connectivity index (χ4n) is 2.72. The molecule has 21 heavy (non-hydrogen) atoms. The minimum Gasteiger partial charge on any atom is -0.316 e. The molecule has 1 aromatic carbocycles. The second-order valence-electron chi connectivity index (χ2n) is 5.22. The van der Waals surface area contributed by atoms with E-state index in [1.807, 2.05) is 6.26 Å². The van der Waals surface area contributed by atoms with Crippen LogP contribution >= 0.6 is 11.8 Å². The zero-order valence-electron chi connectivity index (χ0n) is 12.2. The zero-order chi connectivity index (χ0) is 15.5. The lowest BCUT2D eigenvalue weighted by Gasteiger charge is -2.20. The molecular weight excluding hydrogens is 311 g/mol. The standard InChI is InChI=1S/C14H21FN2O2S2/c1-16-9-10-6-7-11(15)8-14(10)21(18,19)17-12-4-3-5-13(12)20-2/h6-8,12-13,16-17H,3-5,9H2,1-2H3. The van der Waals surface area contributed by atoms with Gasteiger partial charge >= 0.3 is 0 Å². The average molecular weight is 332 g/mol. The van der Waals surface area contributed by atoms with Crippen LogP contribution in [-0.4, -0.2) is 33.0 Å². The Hall–Kier alpha value is -0.630. The Labute approximate surface area is 129 Å². The summed E-state index contributed by atoms with van der Waals surface area (Å²) < 4.78 is 41.4. The minimum absolute atomic E-state index is 0.0311. The van der Waals surface area contributed by atoms with E-state index in [0.717, 1.165) is 25.3 Å². The Morgan fingerprint density at radius 3 is 2.81 bits per heavy atom. The molecule has 0 aliphatic heterocycles. The van der Waals surface area contributed by atoms with E-state index in [2.05, 4.69) is 10.0 Å². The number of nitrogens with one attached hydrogen (secondary N) is 2. The summed E-state index contributed by atoms with van der Waals surface area (Å²) in [6.45, 7) is 0.382. The van der Waals surface area contributed by atoms with Gasteiger partial charge in [0.1, 0.15) is 5.82 Å². The van der Waals surface area contributed by atoms with Gasteiger partial charge in [-0.3, -0.25) is 0 Å². The SMILES string of the molecule is CNCc1ccc(F)cc1S(=O)(=O)NC1CCCC1SC. The highest BCUT2D eigenvalue weighted by Gasteiger charge is 2.31. The van der Waals surface area contributed by atoms with Gasteiger partial charge in [-0.05, 0) is 43.8 Å². The van der Waals surface area contributed by atoms with Crippen LogP contribution in [0.15, 0.2) is 23.1 Å². The topological polar surface area (TPSA) is 58.2 Å². The molecular formula is C14H21FN2O2S2. The van der Waals surface area contributed by atoms with E-state index in [9.17, 15) is 12.8 Å². The Kier molecular flexibility index (Phi) is 5.65. The molecule has 1 fully saturated rings. The Morgan fingerprint density at radius 1 is 1.38 bits per heavy atom. The van der Waals surface area contributed by atoms with Crippen LogP contribution in [0, 0.1) is 5.82 Å². The lowest BCUT2D eigenvalue weighted by molar-refractivity contribution is 0.551. The van der Waals surface area contributed by atoms with Crippen molar-refractivity contribution in [3.63, 3.8) is 0 Å². The molecule has 7 heteroatoms. The first-order valence-corrected chi connectivity index (χ1v) is 9.73. The van der Waals surface area contributed by atoms with Crippen molar-refractivity contribution in [2.75, 3.05) is 13.3 Å². The molecule has 1 saturated carbocycles. The summed E-state index contributed by atoms with van der Waals surface area (Å²) in [6, 6.07) is 3.82. The van der Waals surface area contributed by atoms with Crippen molar-refractivity contribution in [1.82, 2.24) is 10.0 Å². The highest BCUT2D eigenvalue weighted by molar-refractivity contribution is 7.99. The van der Waals surface area contributed by atoms with Crippen molar-refractivity contribution < 1.29 is 12.8 Å². The average Bonchev–Trinajstić information content (AvgIpc) is 2.87. The maximum Gasteiger partial charge on any atom is 0.241 e. The third-order valence-electron chi connectivity index (χ3n) is 3.75. The number of sulfonamides is 1. The maximum atomic E-state index is 13.5. The van der Waals surface area contributed by atoms with Crippen LogP contribution in [0.3, 0.4) is 0 Å². The van der Waals surface area contributed by atoms with Crippen molar-refractivity contribution in [3.8, 4) is 0 Å². The molecule has 0 radical (unpaired) electrons. The van der Waals surface area contributed by atoms with Crippen molar-refractivity contribution >= 4 is 21.8 Å². The van der Waals surface area contributed by atoms with Gasteiger partial charge in [-0.25, -0.2) is 17.5 Å². The molecule has 0 saturated heterocycles. The summed E-state index contributed by atoms with van der Waals surface area (Å²) in [6.07, 6.45) is 4.86. The summed E-state index contributed by atoms with van der Waals surface area (Å²) in [5.74, 6) is -0.539. The van der Waals surface area contributed by atoms with E-state index in [1.165, 1.54) is 12.1 Å². The fourth-order valence-corrected chi connectivity index (χ4v) is 5.30. The summed E-state index contributed by atoms with van der Waals surface area (Å²) in [4.78, 5) is 0.0311. The van der Waals surface area contributed by atoms with Gasteiger partial charge in [0.2, 0.25) is 10.0 Å². The molecule has 0 bridgehead atoms. The van der Waals surface area contributed by atoms with E-state index in [1.54, 1.807) is 18.8 Å². The first-order chi connectivity index (χ1) is 9.97. The Bertz CT molecular complexity index is 593. The summed E-state index contributed by atoms with van der Waals surface area (Å²) >= 11 is 1.68. The van der Waals surface area contributed by atoms with Gasteiger partial charge in [-0.15, -0.1) is 0 Å². The van der Waals surface area contributed by atoms with Crippen molar-refractivity contribution in [1.29, 1.82) is 0 Å². The Balaban J connectivity index is 2.28. The monoisotopic (exact) mass is 332 g/mol. The van der Waals surface area contributed by atoms with Crippen LogP contribution < -0.4 is 10.0 Å². The van der Waals surface area contributed by atoms with Gasteiger partial charge in [-0.1, -0.05) is 12.5 Å². The predicted octanol–water partition coefficient (Wildman–Crippen LogP) is 2.11. The van der Waals surface area contributed by atoms with Crippen LogP contribution in [0.5, 0.6) is 0 Å². The van der Waals surface area contributed by atoms with Gasteiger partial charge in [0.25, 0.3) is 0 Å². The summed E-state index contributed by atoms with van der Waals surface area (Å²) in [5.41, 5.74) is 0.574. The van der Waals surface area contributed by atoms with Crippen LogP contribution in [-0.2, 0) is 16.6 Å². The third kappa shape index (κ3) is 3.97. The molecule has 0 aromatic heterocycles. The highest BCUT2D eigenvalue weighted by Crippen LogP contribution is 2.30. The van der Waals surface area contributed by atoms with E-state index in [4.69, 9.17) is 0 Å². The number of rotatable bonds is 6. The van der Waals surface area contributed by atoms with E-state index in [0.29, 0.717) is 17.4 Å². The second-order valence-corrected chi connectivity index (χ2v) is 7.97. The molecule has 118 valence electrons. The molecule has 1 aliphatic carbocycles. The van der Waals surface area contributed by atoms with Crippen molar-refractivity contribution in [2.45, 2.75) is 42.0 Å². The fraction of sp³-hybridized carbons (Fsp3) is 0.571. The molecule has 2 unspecified atom stereocenters.